The van der Waals surface area contributed by atoms with Gasteiger partial charge in [-0.3, -0.25) is 4.79 Å². The minimum atomic E-state index is -0.891. The van der Waals surface area contributed by atoms with Crippen molar-refractivity contribution >= 4 is 12.0 Å². The normalized spacial score (nSPS) is 15.6. The zero-order valence-electron chi connectivity index (χ0n) is 13.4. The van der Waals surface area contributed by atoms with Crippen LogP contribution >= 0.6 is 0 Å². The molecule has 0 atom stereocenters. The highest BCUT2D eigenvalue weighted by molar-refractivity contribution is 5.76. The molecule has 0 bridgehead atoms. The van der Waals surface area contributed by atoms with E-state index in [0.29, 0.717) is 19.7 Å². The molecular weight excluding hydrogens is 272 g/mol. The van der Waals surface area contributed by atoms with Crippen LogP contribution < -0.4 is 0 Å². The lowest BCUT2D eigenvalue weighted by Crippen LogP contribution is -2.53. The first-order valence-corrected chi connectivity index (χ1v) is 7.21. The van der Waals surface area contributed by atoms with Crippen LogP contribution in [0.3, 0.4) is 0 Å². The Morgan fingerprint density at radius 1 is 1.43 bits per heavy atom. The maximum atomic E-state index is 12.6. The number of methoxy groups -OCH3 is 1. The topological polar surface area (TPSA) is 70.1 Å². The molecule has 1 rings (SSSR count). The molecule has 0 radical (unpaired) electrons. The van der Waals surface area contributed by atoms with Gasteiger partial charge in [0.05, 0.1) is 13.0 Å². The largest absolute Gasteiger partial charge is 0.481 e. The van der Waals surface area contributed by atoms with Crippen molar-refractivity contribution in [3.63, 3.8) is 0 Å². The van der Waals surface area contributed by atoms with Crippen LogP contribution in [0.15, 0.2) is 11.6 Å². The van der Waals surface area contributed by atoms with Gasteiger partial charge in [0.25, 0.3) is 0 Å². The zero-order valence-corrected chi connectivity index (χ0v) is 13.4. The summed E-state index contributed by atoms with van der Waals surface area (Å²) in [5.41, 5.74) is 0.803. The van der Waals surface area contributed by atoms with Crippen molar-refractivity contribution in [2.24, 2.45) is 0 Å². The summed E-state index contributed by atoms with van der Waals surface area (Å²) in [4.78, 5) is 26.8. The monoisotopic (exact) mass is 298 g/mol. The zero-order chi connectivity index (χ0) is 16.0. The third kappa shape index (κ3) is 5.38. The van der Waals surface area contributed by atoms with E-state index in [4.69, 9.17) is 9.84 Å². The van der Waals surface area contributed by atoms with Crippen molar-refractivity contribution in [1.82, 2.24) is 9.80 Å². The number of nitrogens with zero attached hydrogens (tertiary/aromatic N) is 2. The second kappa shape index (κ2) is 7.45. The minimum absolute atomic E-state index is 0.0401. The van der Waals surface area contributed by atoms with Gasteiger partial charge in [-0.25, -0.2) is 4.79 Å². The van der Waals surface area contributed by atoms with Crippen LogP contribution in [0.1, 0.15) is 33.6 Å². The smallest absolute Gasteiger partial charge is 0.320 e. The SMILES string of the molecule is COCC1=CCN(C(=O)N(CCC(=O)O)C(C)(C)C)CC1. The van der Waals surface area contributed by atoms with Crippen molar-refractivity contribution in [3.8, 4) is 0 Å². The van der Waals surface area contributed by atoms with E-state index in [9.17, 15) is 9.59 Å². The summed E-state index contributed by atoms with van der Waals surface area (Å²) in [6.45, 7) is 7.78. The van der Waals surface area contributed by atoms with Gasteiger partial charge in [-0.1, -0.05) is 6.08 Å². The lowest BCUT2D eigenvalue weighted by molar-refractivity contribution is -0.137. The fourth-order valence-corrected chi connectivity index (χ4v) is 2.30. The molecule has 120 valence electrons. The second-order valence-electron chi connectivity index (χ2n) is 6.24. The fraction of sp³-hybridized carbons (Fsp3) is 0.733. The Hall–Kier alpha value is -1.56. The predicted octanol–water partition coefficient (Wildman–Crippen LogP) is 1.96. The molecule has 0 aliphatic carbocycles. The summed E-state index contributed by atoms with van der Waals surface area (Å²) in [5, 5.41) is 8.84. The van der Waals surface area contributed by atoms with E-state index in [1.54, 1.807) is 16.9 Å². The number of rotatable bonds is 5. The molecule has 1 aliphatic heterocycles. The summed E-state index contributed by atoms with van der Waals surface area (Å²) >= 11 is 0. The van der Waals surface area contributed by atoms with Gasteiger partial charge in [0.2, 0.25) is 0 Å². The van der Waals surface area contributed by atoms with E-state index in [-0.39, 0.29) is 19.0 Å². The van der Waals surface area contributed by atoms with Crippen molar-refractivity contribution in [1.29, 1.82) is 0 Å². The van der Waals surface area contributed by atoms with Crippen LogP contribution in [0, 0.1) is 0 Å². The van der Waals surface area contributed by atoms with Gasteiger partial charge >= 0.3 is 12.0 Å². The Labute approximate surface area is 126 Å². The van der Waals surface area contributed by atoms with Gasteiger partial charge in [-0.2, -0.15) is 0 Å². The number of carbonyl (C=O) groups excluding carboxylic acids is 1. The lowest BCUT2D eigenvalue weighted by Gasteiger charge is -2.40. The van der Waals surface area contributed by atoms with Crippen LogP contribution in [-0.2, 0) is 9.53 Å². The molecule has 1 N–H and O–H groups in total. The molecule has 21 heavy (non-hydrogen) atoms. The second-order valence-corrected chi connectivity index (χ2v) is 6.24. The molecule has 1 aliphatic rings. The Morgan fingerprint density at radius 2 is 2.10 bits per heavy atom. The Morgan fingerprint density at radius 3 is 2.52 bits per heavy atom. The maximum absolute atomic E-state index is 12.6. The molecule has 0 saturated carbocycles. The molecule has 6 heteroatoms. The Balaban J connectivity index is 2.71. The Kier molecular flexibility index (Phi) is 6.20. The van der Waals surface area contributed by atoms with Gasteiger partial charge in [0.15, 0.2) is 0 Å². The molecule has 0 aromatic carbocycles. The highest BCUT2D eigenvalue weighted by Crippen LogP contribution is 2.19. The number of carboxylic acid groups (broad SMARTS) is 1. The molecule has 0 aromatic rings. The lowest BCUT2D eigenvalue weighted by atomic mass is 10.1. The van der Waals surface area contributed by atoms with E-state index in [0.717, 1.165) is 6.42 Å². The highest BCUT2D eigenvalue weighted by atomic mass is 16.5. The quantitative estimate of drug-likeness (QED) is 0.788. The third-order valence-electron chi connectivity index (χ3n) is 3.49. The average Bonchev–Trinajstić information content (AvgIpc) is 2.38. The number of hydrogen-bond donors (Lipinski definition) is 1. The number of urea groups is 1. The summed E-state index contributed by atoms with van der Waals surface area (Å²) < 4.78 is 5.10. The van der Waals surface area contributed by atoms with E-state index in [1.807, 2.05) is 26.8 Å². The number of hydrogen-bond acceptors (Lipinski definition) is 3. The molecule has 0 spiro atoms. The van der Waals surface area contributed by atoms with Crippen LogP contribution in [0.25, 0.3) is 0 Å². The van der Waals surface area contributed by atoms with E-state index in [2.05, 4.69) is 0 Å². The third-order valence-corrected chi connectivity index (χ3v) is 3.49. The van der Waals surface area contributed by atoms with Crippen LogP contribution in [0.5, 0.6) is 0 Å². The summed E-state index contributed by atoms with van der Waals surface area (Å²) in [6, 6.07) is -0.100. The molecule has 0 fully saturated rings. The number of carbonyl (C=O) groups is 2. The first kappa shape index (κ1) is 17.5. The summed E-state index contributed by atoms with van der Waals surface area (Å²) in [5.74, 6) is -0.891. The molecule has 0 aromatic heterocycles. The number of amides is 2. The van der Waals surface area contributed by atoms with E-state index >= 15 is 0 Å². The van der Waals surface area contributed by atoms with Gasteiger partial charge in [0.1, 0.15) is 0 Å². The number of carboxylic acids is 1. The summed E-state index contributed by atoms with van der Waals surface area (Å²) in [6.07, 6.45) is 2.78. The standard InChI is InChI=1S/C15H26N2O4/c1-15(2,3)17(10-7-13(18)19)14(20)16-8-5-12(6-9-16)11-21-4/h5H,6-11H2,1-4H3,(H,18,19). The van der Waals surface area contributed by atoms with Crippen molar-refractivity contribution in [2.75, 3.05) is 33.4 Å². The average molecular weight is 298 g/mol. The van der Waals surface area contributed by atoms with Gasteiger partial charge in [-0.05, 0) is 32.8 Å². The van der Waals surface area contributed by atoms with Crippen molar-refractivity contribution in [3.05, 3.63) is 11.6 Å². The number of aliphatic carboxylic acids is 1. The summed E-state index contributed by atoms with van der Waals surface area (Å²) in [7, 11) is 1.66. The molecule has 6 nitrogen and oxygen atoms in total. The Bertz CT molecular complexity index is 412. The van der Waals surface area contributed by atoms with Crippen molar-refractivity contribution in [2.45, 2.75) is 39.2 Å². The molecule has 0 saturated heterocycles. The molecular formula is C15H26N2O4. The fourth-order valence-electron chi connectivity index (χ4n) is 2.30. The van der Waals surface area contributed by atoms with Crippen molar-refractivity contribution < 1.29 is 19.4 Å². The molecule has 0 unspecified atom stereocenters. The van der Waals surface area contributed by atoms with Crippen LogP contribution in [0.2, 0.25) is 0 Å². The minimum Gasteiger partial charge on any atom is -0.481 e. The van der Waals surface area contributed by atoms with Crippen LogP contribution in [-0.4, -0.2) is 65.8 Å². The highest BCUT2D eigenvalue weighted by Gasteiger charge is 2.30. The first-order valence-electron chi connectivity index (χ1n) is 7.21. The van der Waals surface area contributed by atoms with Gasteiger partial charge in [0, 0.05) is 32.3 Å². The van der Waals surface area contributed by atoms with Crippen LogP contribution in [0.4, 0.5) is 4.79 Å². The van der Waals surface area contributed by atoms with E-state index < -0.39 is 11.5 Å². The molecule has 1 heterocycles. The van der Waals surface area contributed by atoms with Gasteiger partial charge < -0.3 is 19.6 Å². The van der Waals surface area contributed by atoms with E-state index in [1.165, 1.54) is 5.57 Å². The molecule has 2 amide bonds. The number of ether oxygens (including phenoxy) is 1. The predicted molar refractivity (Wildman–Crippen MR) is 80.3 cm³/mol. The first-order chi connectivity index (χ1) is 9.75. The van der Waals surface area contributed by atoms with Gasteiger partial charge in [-0.15, -0.1) is 0 Å². The maximum Gasteiger partial charge on any atom is 0.320 e.